The molecule has 4 aromatic heterocycles. The van der Waals surface area contributed by atoms with Gasteiger partial charge in [-0.15, -0.1) is 0 Å². The molecule has 0 aliphatic carbocycles. The van der Waals surface area contributed by atoms with Crippen molar-refractivity contribution in [3.8, 4) is 45.3 Å². The van der Waals surface area contributed by atoms with E-state index in [-0.39, 0.29) is 0 Å². The highest BCUT2D eigenvalue weighted by atomic mass is 16.3. The Morgan fingerprint density at radius 3 is 1.73 bits per heavy atom. The average Bonchev–Trinajstić information content (AvgIpc) is 3.95. The number of fused-ring (bicyclic) bond motifs is 11. The van der Waals surface area contributed by atoms with Crippen LogP contribution in [-0.2, 0) is 0 Å². The first-order chi connectivity index (χ1) is 27.2. The number of rotatable bonds is 4. The van der Waals surface area contributed by atoms with Crippen molar-refractivity contribution in [2.24, 2.45) is 0 Å². The van der Waals surface area contributed by atoms with Crippen LogP contribution >= 0.6 is 0 Å². The summed E-state index contributed by atoms with van der Waals surface area (Å²) in [4.78, 5) is 15.8. The molecule has 0 bridgehead atoms. The molecule has 0 unspecified atom stereocenters. The van der Waals surface area contributed by atoms with E-state index in [0.29, 0.717) is 17.5 Å². The molecule has 0 saturated heterocycles. The van der Waals surface area contributed by atoms with Crippen LogP contribution in [0.25, 0.3) is 122 Å². The molecule has 0 amide bonds. The molecule has 6 nitrogen and oxygen atoms in total. The quantitative estimate of drug-likeness (QED) is 0.181. The fourth-order valence-corrected chi connectivity index (χ4v) is 8.17. The summed E-state index contributed by atoms with van der Waals surface area (Å²) in [5.41, 5.74) is 9.59. The van der Waals surface area contributed by atoms with E-state index in [1.54, 1.807) is 0 Å². The molecule has 6 heteroatoms. The van der Waals surface area contributed by atoms with Crippen molar-refractivity contribution >= 4 is 76.6 Å². The Balaban J connectivity index is 1.16. The lowest BCUT2D eigenvalue weighted by molar-refractivity contribution is 0.668. The Kier molecular flexibility index (Phi) is 6.24. The lowest BCUT2D eigenvalue weighted by Crippen LogP contribution is -2.01. The second-order valence-corrected chi connectivity index (χ2v) is 13.9. The van der Waals surface area contributed by atoms with Crippen LogP contribution in [0, 0.1) is 0 Å². The summed E-state index contributed by atoms with van der Waals surface area (Å²) in [7, 11) is 0. The van der Waals surface area contributed by atoms with E-state index in [1.807, 2.05) is 78.9 Å². The van der Waals surface area contributed by atoms with E-state index in [1.165, 1.54) is 0 Å². The zero-order valence-corrected chi connectivity index (χ0v) is 29.2. The van der Waals surface area contributed by atoms with Gasteiger partial charge in [0.05, 0.1) is 0 Å². The zero-order valence-electron chi connectivity index (χ0n) is 29.2. The van der Waals surface area contributed by atoms with Crippen molar-refractivity contribution in [3.63, 3.8) is 0 Å². The summed E-state index contributed by atoms with van der Waals surface area (Å²) in [5.74, 6) is 1.62. The van der Waals surface area contributed by atoms with E-state index >= 15 is 0 Å². The van der Waals surface area contributed by atoms with Gasteiger partial charge in [0.15, 0.2) is 17.5 Å². The van der Waals surface area contributed by atoms with E-state index in [9.17, 15) is 0 Å². The lowest BCUT2D eigenvalue weighted by Gasteiger charge is -2.12. The molecule has 0 aliphatic rings. The number of aromatic nitrogens is 3. The Morgan fingerprint density at radius 1 is 0.309 bits per heavy atom. The maximum atomic E-state index is 6.72. The van der Waals surface area contributed by atoms with Gasteiger partial charge in [-0.2, -0.15) is 0 Å². The van der Waals surface area contributed by atoms with Gasteiger partial charge >= 0.3 is 0 Å². The summed E-state index contributed by atoms with van der Waals surface area (Å²) < 4.78 is 19.4. The average molecular weight is 706 g/mol. The maximum absolute atomic E-state index is 6.72. The molecule has 8 aromatic carbocycles. The maximum Gasteiger partial charge on any atom is 0.164 e. The van der Waals surface area contributed by atoms with Crippen molar-refractivity contribution < 1.29 is 13.3 Å². The molecule has 0 aliphatic heterocycles. The van der Waals surface area contributed by atoms with E-state index in [4.69, 9.17) is 28.2 Å². The Hall–Kier alpha value is -7.57. The van der Waals surface area contributed by atoms with Crippen LogP contribution in [0.3, 0.4) is 0 Å². The largest absolute Gasteiger partial charge is 0.456 e. The summed E-state index contributed by atoms with van der Waals surface area (Å²) in [6.45, 7) is 0. The highest BCUT2D eigenvalue weighted by Crippen LogP contribution is 2.43. The minimum Gasteiger partial charge on any atom is -0.456 e. The molecule has 0 radical (unpaired) electrons. The van der Waals surface area contributed by atoms with Gasteiger partial charge in [0.1, 0.15) is 33.5 Å². The first kappa shape index (κ1) is 29.9. The number of nitrogens with zero attached hydrogens (tertiary/aromatic N) is 3. The molecule has 0 fully saturated rings. The van der Waals surface area contributed by atoms with Crippen LogP contribution in [0.5, 0.6) is 0 Å². The van der Waals surface area contributed by atoms with Gasteiger partial charge in [0.25, 0.3) is 0 Å². The summed E-state index contributed by atoms with van der Waals surface area (Å²) in [6, 6.07) is 55.7. The highest BCUT2D eigenvalue weighted by Gasteiger charge is 2.22. The predicted molar refractivity (Wildman–Crippen MR) is 221 cm³/mol. The minimum atomic E-state index is 0.535. The summed E-state index contributed by atoms with van der Waals surface area (Å²) in [6.07, 6.45) is 0. The van der Waals surface area contributed by atoms with Crippen LogP contribution in [-0.4, -0.2) is 15.0 Å². The van der Waals surface area contributed by atoms with Gasteiger partial charge in [-0.3, -0.25) is 0 Å². The standard InChI is InChI=1S/C49H27N3O3/c1-2-11-28(12-3-1)29-21-22-30-26-38(45-35-15-6-9-19-41(35)55-46(45)37(30)25-29)49-51-47(31-23-24-33-32-13-4-7-17-39(32)54-43(33)27-31)50-48(52-49)36-16-10-20-42-44(36)34-14-5-8-18-40(34)53-42/h1-27H. The number of furan rings is 3. The SMILES string of the molecule is c1ccc(-c2ccc3cc(-c4nc(-c5ccc6c(c5)oc5ccccc56)nc(-c5cccc6oc7ccccc7c56)n4)c4c5ccccc5oc4c3c2)cc1. The van der Waals surface area contributed by atoms with Crippen LogP contribution in [0.1, 0.15) is 0 Å². The van der Waals surface area contributed by atoms with E-state index in [2.05, 4.69) is 84.9 Å². The van der Waals surface area contributed by atoms with Gasteiger partial charge in [-0.05, 0) is 65.0 Å². The van der Waals surface area contributed by atoms with Gasteiger partial charge in [0, 0.05) is 54.4 Å². The lowest BCUT2D eigenvalue weighted by atomic mass is 9.96. The third kappa shape index (κ3) is 4.58. The number of hydrogen-bond donors (Lipinski definition) is 0. The molecule has 55 heavy (non-hydrogen) atoms. The number of para-hydroxylation sites is 3. The molecule has 0 atom stereocenters. The molecule has 256 valence electrons. The van der Waals surface area contributed by atoms with Crippen LogP contribution in [0.4, 0.5) is 0 Å². The Morgan fingerprint density at radius 2 is 0.909 bits per heavy atom. The van der Waals surface area contributed by atoms with E-state index < -0.39 is 0 Å². The third-order valence-corrected chi connectivity index (χ3v) is 10.7. The summed E-state index contributed by atoms with van der Waals surface area (Å²) >= 11 is 0. The fourth-order valence-electron chi connectivity index (χ4n) is 8.17. The molecular formula is C49H27N3O3. The second kappa shape index (κ2) is 11.5. The van der Waals surface area contributed by atoms with Gasteiger partial charge in [0.2, 0.25) is 0 Å². The van der Waals surface area contributed by atoms with Crippen molar-refractivity contribution in [1.82, 2.24) is 15.0 Å². The first-order valence-corrected chi connectivity index (χ1v) is 18.3. The number of hydrogen-bond acceptors (Lipinski definition) is 6. The van der Waals surface area contributed by atoms with E-state index in [0.717, 1.165) is 104 Å². The Bertz CT molecular complexity index is 3500. The van der Waals surface area contributed by atoms with Crippen molar-refractivity contribution in [1.29, 1.82) is 0 Å². The third-order valence-electron chi connectivity index (χ3n) is 10.7. The monoisotopic (exact) mass is 705 g/mol. The molecular weight excluding hydrogens is 679 g/mol. The second-order valence-electron chi connectivity index (χ2n) is 13.9. The van der Waals surface area contributed by atoms with Gasteiger partial charge in [-0.25, -0.2) is 15.0 Å². The van der Waals surface area contributed by atoms with Crippen LogP contribution < -0.4 is 0 Å². The number of benzene rings is 8. The first-order valence-electron chi connectivity index (χ1n) is 18.3. The van der Waals surface area contributed by atoms with Crippen molar-refractivity contribution in [2.75, 3.05) is 0 Å². The summed E-state index contributed by atoms with van der Waals surface area (Å²) in [5, 5.41) is 8.07. The van der Waals surface area contributed by atoms with Crippen molar-refractivity contribution in [3.05, 3.63) is 164 Å². The molecule has 0 N–H and O–H groups in total. The molecule has 0 saturated carbocycles. The zero-order chi connectivity index (χ0) is 36.0. The molecule has 4 heterocycles. The van der Waals surface area contributed by atoms with Gasteiger partial charge in [-0.1, -0.05) is 115 Å². The topological polar surface area (TPSA) is 78.1 Å². The smallest absolute Gasteiger partial charge is 0.164 e. The van der Waals surface area contributed by atoms with Crippen LogP contribution in [0.2, 0.25) is 0 Å². The van der Waals surface area contributed by atoms with Crippen molar-refractivity contribution in [2.45, 2.75) is 0 Å². The molecule has 0 spiro atoms. The normalized spacial score (nSPS) is 12.0. The Labute approximate surface area is 312 Å². The van der Waals surface area contributed by atoms with Crippen LogP contribution in [0.15, 0.2) is 177 Å². The predicted octanol–water partition coefficient (Wildman–Crippen LogP) is 13.4. The molecule has 12 aromatic rings. The highest BCUT2D eigenvalue weighted by molar-refractivity contribution is 6.21. The minimum absolute atomic E-state index is 0.535. The fraction of sp³-hybridized carbons (Fsp3) is 0. The molecule has 12 rings (SSSR count). The van der Waals surface area contributed by atoms with Gasteiger partial charge < -0.3 is 13.3 Å².